The van der Waals surface area contributed by atoms with Crippen LogP contribution in [0.4, 0.5) is 13.2 Å². The molecule has 1 aliphatic rings. The fraction of sp³-hybridized carbons (Fsp3) is 0.333. The van der Waals surface area contributed by atoms with Gasteiger partial charge >= 0.3 is 6.61 Å². The second-order valence-electron chi connectivity index (χ2n) is 5.24. The van der Waals surface area contributed by atoms with E-state index in [1.165, 1.54) is 12.3 Å². The Labute approximate surface area is 129 Å². The highest BCUT2D eigenvalue weighted by atomic mass is 19.3. The maximum absolute atomic E-state index is 13.7. The number of benzene rings is 1. The van der Waals surface area contributed by atoms with Crippen molar-refractivity contribution in [1.29, 1.82) is 0 Å². The summed E-state index contributed by atoms with van der Waals surface area (Å²) < 4.78 is 42.2. The number of pyridine rings is 1. The molecule has 1 unspecified atom stereocenters. The van der Waals surface area contributed by atoms with Crippen LogP contribution in [0, 0.1) is 5.82 Å². The van der Waals surface area contributed by atoms with Gasteiger partial charge in [0.05, 0.1) is 11.1 Å². The minimum Gasteiger partial charge on any atom is -0.432 e. The van der Waals surface area contributed by atoms with Gasteiger partial charge in [0.2, 0.25) is 0 Å². The second-order valence-corrected chi connectivity index (χ2v) is 5.24. The van der Waals surface area contributed by atoms with Crippen molar-refractivity contribution in [1.82, 2.24) is 15.6 Å². The molecule has 2 aromatic rings. The molecule has 3 rings (SSSR count). The SMILES string of the molecule is O=C(NC1CCNC1)c1cnc2cc(OC(F)F)c(F)cc2c1. The van der Waals surface area contributed by atoms with E-state index in [9.17, 15) is 18.0 Å². The first-order valence-corrected chi connectivity index (χ1v) is 7.08. The van der Waals surface area contributed by atoms with Crippen LogP contribution in [-0.2, 0) is 0 Å². The number of hydrogen-bond acceptors (Lipinski definition) is 4. The van der Waals surface area contributed by atoms with Crippen molar-refractivity contribution in [2.45, 2.75) is 19.1 Å². The number of alkyl halides is 2. The van der Waals surface area contributed by atoms with E-state index in [0.29, 0.717) is 11.9 Å². The summed E-state index contributed by atoms with van der Waals surface area (Å²) in [6, 6.07) is 3.62. The van der Waals surface area contributed by atoms with Crippen LogP contribution < -0.4 is 15.4 Å². The van der Waals surface area contributed by atoms with Crippen molar-refractivity contribution in [2.75, 3.05) is 13.1 Å². The number of nitrogens with one attached hydrogen (secondary N) is 2. The zero-order valence-electron chi connectivity index (χ0n) is 12.0. The Kier molecular flexibility index (Phi) is 4.33. The van der Waals surface area contributed by atoms with E-state index in [-0.39, 0.29) is 23.0 Å². The molecular weight excluding hydrogens is 311 g/mol. The molecule has 0 aliphatic carbocycles. The number of ether oxygens (including phenoxy) is 1. The average molecular weight is 325 g/mol. The average Bonchev–Trinajstić information content (AvgIpc) is 3.00. The maximum Gasteiger partial charge on any atom is 0.387 e. The van der Waals surface area contributed by atoms with Crippen LogP contribution in [-0.4, -0.2) is 36.6 Å². The van der Waals surface area contributed by atoms with Crippen molar-refractivity contribution < 1.29 is 22.7 Å². The van der Waals surface area contributed by atoms with Gasteiger partial charge in [-0.1, -0.05) is 0 Å². The molecule has 0 radical (unpaired) electrons. The van der Waals surface area contributed by atoms with Gasteiger partial charge in [0, 0.05) is 30.2 Å². The number of amides is 1. The molecule has 5 nitrogen and oxygen atoms in total. The first-order valence-electron chi connectivity index (χ1n) is 7.08. The summed E-state index contributed by atoms with van der Waals surface area (Å²) in [6.07, 6.45) is 2.17. The van der Waals surface area contributed by atoms with Crippen molar-refractivity contribution in [3.05, 3.63) is 35.8 Å². The van der Waals surface area contributed by atoms with E-state index in [1.807, 2.05) is 0 Å². The lowest BCUT2D eigenvalue weighted by atomic mass is 10.1. The van der Waals surface area contributed by atoms with Gasteiger partial charge in [-0.3, -0.25) is 9.78 Å². The Morgan fingerprint density at radius 2 is 2.22 bits per heavy atom. The highest BCUT2D eigenvalue weighted by Crippen LogP contribution is 2.25. The van der Waals surface area contributed by atoms with E-state index >= 15 is 0 Å². The van der Waals surface area contributed by atoms with Gasteiger partial charge in [-0.15, -0.1) is 0 Å². The lowest BCUT2D eigenvalue weighted by Gasteiger charge is -2.12. The van der Waals surface area contributed by atoms with Gasteiger partial charge < -0.3 is 15.4 Å². The maximum atomic E-state index is 13.7. The molecule has 0 spiro atoms. The van der Waals surface area contributed by atoms with E-state index in [0.717, 1.165) is 25.1 Å². The number of carbonyl (C=O) groups excluding carboxylic acids is 1. The molecule has 2 N–H and O–H groups in total. The molecule has 122 valence electrons. The summed E-state index contributed by atoms with van der Waals surface area (Å²) in [5.74, 6) is -1.81. The van der Waals surface area contributed by atoms with E-state index in [1.54, 1.807) is 0 Å². The number of hydrogen-bond donors (Lipinski definition) is 2. The van der Waals surface area contributed by atoms with Gasteiger partial charge in [-0.2, -0.15) is 8.78 Å². The lowest BCUT2D eigenvalue weighted by molar-refractivity contribution is -0.0520. The van der Waals surface area contributed by atoms with Crippen LogP contribution in [0.3, 0.4) is 0 Å². The standard InChI is InChI=1S/C15H14F3N3O2/c16-11-4-8-3-9(14(22)21-10-1-2-19-7-10)6-20-12(8)5-13(11)23-15(17)18/h3-6,10,15,19H,1-2,7H2,(H,21,22). The number of aromatic nitrogens is 1. The molecular formula is C15H14F3N3O2. The Balaban J connectivity index is 1.85. The minimum absolute atomic E-state index is 0.0525. The van der Waals surface area contributed by atoms with E-state index < -0.39 is 18.2 Å². The normalized spacial score (nSPS) is 17.7. The fourth-order valence-electron chi connectivity index (χ4n) is 2.49. The highest BCUT2D eigenvalue weighted by Gasteiger charge is 2.18. The largest absolute Gasteiger partial charge is 0.432 e. The summed E-state index contributed by atoms with van der Waals surface area (Å²) in [4.78, 5) is 16.2. The van der Waals surface area contributed by atoms with Gasteiger partial charge in [0.15, 0.2) is 11.6 Å². The summed E-state index contributed by atoms with van der Waals surface area (Å²) >= 11 is 0. The number of fused-ring (bicyclic) bond motifs is 1. The van der Waals surface area contributed by atoms with E-state index in [2.05, 4.69) is 20.4 Å². The fourth-order valence-corrected chi connectivity index (χ4v) is 2.49. The summed E-state index contributed by atoms with van der Waals surface area (Å²) in [5.41, 5.74) is 0.549. The quantitative estimate of drug-likeness (QED) is 0.903. The van der Waals surface area contributed by atoms with E-state index in [4.69, 9.17) is 0 Å². The van der Waals surface area contributed by atoms with Gasteiger partial charge in [0.1, 0.15) is 0 Å². The molecule has 23 heavy (non-hydrogen) atoms. The lowest BCUT2D eigenvalue weighted by Crippen LogP contribution is -2.36. The van der Waals surface area contributed by atoms with Crippen molar-refractivity contribution in [2.24, 2.45) is 0 Å². The third-order valence-electron chi connectivity index (χ3n) is 3.61. The summed E-state index contributed by atoms with van der Waals surface area (Å²) in [7, 11) is 0. The summed E-state index contributed by atoms with van der Waals surface area (Å²) in [6.45, 7) is -1.57. The van der Waals surface area contributed by atoms with Crippen LogP contribution in [0.25, 0.3) is 10.9 Å². The molecule has 1 amide bonds. The second kappa shape index (κ2) is 6.41. The third-order valence-corrected chi connectivity index (χ3v) is 3.61. The van der Waals surface area contributed by atoms with Crippen molar-refractivity contribution in [3.63, 3.8) is 0 Å². The molecule has 8 heteroatoms. The predicted octanol–water partition coefficient (Wildman–Crippen LogP) is 2.07. The highest BCUT2D eigenvalue weighted by molar-refractivity contribution is 5.97. The molecule has 2 heterocycles. The Morgan fingerprint density at radius 3 is 2.91 bits per heavy atom. The Morgan fingerprint density at radius 1 is 1.39 bits per heavy atom. The number of rotatable bonds is 4. The van der Waals surface area contributed by atoms with Gasteiger partial charge in [0.25, 0.3) is 5.91 Å². The van der Waals surface area contributed by atoms with Gasteiger partial charge in [-0.25, -0.2) is 4.39 Å². The number of halogens is 3. The van der Waals surface area contributed by atoms with Crippen LogP contribution in [0.2, 0.25) is 0 Å². The molecule has 1 aromatic carbocycles. The predicted molar refractivity (Wildman–Crippen MR) is 77.1 cm³/mol. The molecule has 0 saturated carbocycles. The van der Waals surface area contributed by atoms with Crippen LogP contribution in [0.15, 0.2) is 24.4 Å². The van der Waals surface area contributed by atoms with Crippen LogP contribution in [0.1, 0.15) is 16.8 Å². The van der Waals surface area contributed by atoms with Crippen molar-refractivity contribution in [3.8, 4) is 5.75 Å². The first kappa shape index (κ1) is 15.5. The smallest absolute Gasteiger partial charge is 0.387 e. The molecule has 1 saturated heterocycles. The van der Waals surface area contributed by atoms with Crippen LogP contribution in [0.5, 0.6) is 5.75 Å². The topological polar surface area (TPSA) is 63.2 Å². The first-order chi connectivity index (χ1) is 11.0. The minimum atomic E-state index is -3.12. The zero-order chi connectivity index (χ0) is 16.4. The molecule has 1 atom stereocenters. The van der Waals surface area contributed by atoms with Gasteiger partial charge in [-0.05, 0) is 25.1 Å². The van der Waals surface area contributed by atoms with Crippen molar-refractivity contribution >= 4 is 16.8 Å². The van der Waals surface area contributed by atoms with Crippen LogP contribution >= 0.6 is 0 Å². The monoisotopic (exact) mass is 325 g/mol. The third kappa shape index (κ3) is 3.53. The Bertz CT molecular complexity index is 733. The molecule has 0 bridgehead atoms. The zero-order valence-corrected chi connectivity index (χ0v) is 12.0. The molecule has 1 aromatic heterocycles. The summed E-state index contributed by atoms with van der Waals surface area (Å²) in [5, 5.41) is 6.32. The Hall–Kier alpha value is -2.35. The number of carbonyl (C=O) groups is 1. The number of nitrogens with zero attached hydrogens (tertiary/aromatic N) is 1. The molecule has 1 aliphatic heterocycles. The molecule has 1 fully saturated rings.